The Labute approximate surface area is 83.7 Å². The summed E-state index contributed by atoms with van der Waals surface area (Å²) in [6.45, 7) is 4.17. The molecule has 80 valence electrons. The number of fused-ring (bicyclic) bond motifs is 1. The molecule has 0 amide bonds. The third kappa shape index (κ3) is 0.882. The van der Waals surface area contributed by atoms with E-state index in [2.05, 4.69) is 13.8 Å². The van der Waals surface area contributed by atoms with Crippen LogP contribution in [0.15, 0.2) is 0 Å². The van der Waals surface area contributed by atoms with Crippen molar-refractivity contribution in [2.75, 3.05) is 0 Å². The van der Waals surface area contributed by atoms with Crippen LogP contribution in [0.3, 0.4) is 0 Å². The van der Waals surface area contributed by atoms with Gasteiger partial charge in [-0.1, -0.05) is 13.8 Å². The monoisotopic (exact) mass is 218 g/mol. The third-order valence-electron chi connectivity index (χ3n) is 3.88. The van der Waals surface area contributed by atoms with Crippen LogP contribution < -0.4 is 0 Å². The van der Waals surface area contributed by atoms with Crippen molar-refractivity contribution in [2.45, 2.75) is 49.7 Å². The molecule has 0 radical (unpaired) electrons. The van der Waals surface area contributed by atoms with Crippen LogP contribution in [-0.4, -0.2) is 31.5 Å². The van der Waals surface area contributed by atoms with Gasteiger partial charge < -0.3 is 4.74 Å². The van der Waals surface area contributed by atoms with Gasteiger partial charge in [-0.05, 0) is 12.3 Å². The molecule has 3 fully saturated rings. The number of hydrogen-bond acceptors (Lipinski definition) is 4. The van der Waals surface area contributed by atoms with Crippen molar-refractivity contribution in [3.05, 3.63) is 0 Å². The van der Waals surface area contributed by atoms with Crippen LogP contribution in [0.1, 0.15) is 26.7 Å². The van der Waals surface area contributed by atoms with Gasteiger partial charge in [0.25, 0.3) is 10.1 Å². The minimum atomic E-state index is -3.33. The second-order valence-corrected chi connectivity index (χ2v) is 6.66. The van der Waals surface area contributed by atoms with E-state index in [0.29, 0.717) is 12.3 Å². The summed E-state index contributed by atoms with van der Waals surface area (Å²) in [5.74, 6) is 0.358. The Hall–Kier alpha value is -0.130. The van der Waals surface area contributed by atoms with E-state index in [1.807, 2.05) is 0 Å². The molecule has 3 rings (SSSR count). The van der Waals surface area contributed by atoms with Gasteiger partial charge >= 0.3 is 0 Å². The van der Waals surface area contributed by atoms with E-state index in [0.717, 1.165) is 6.42 Å². The van der Waals surface area contributed by atoms with E-state index in [-0.39, 0.29) is 17.8 Å². The van der Waals surface area contributed by atoms with Crippen LogP contribution in [-0.2, 0) is 19.0 Å². The predicted octanol–water partition coefficient (Wildman–Crippen LogP) is 0.671. The zero-order chi connectivity index (χ0) is 10.1. The fourth-order valence-corrected chi connectivity index (χ4v) is 4.67. The van der Waals surface area contributed by atoms with E-state index in [9.17, 15) is 8.42 Å². The molecule has 3 aliphatic rings. The summed E-state index contributed by atoms with van der Waals surface area (Å²) >= 11 is 0. The second kappa shape index (κ2) is 2.33. The van der Waals surface area contributed by atoms with E-state index in [4.69, 9.17) is 8.92 Å². The van der Waals surface area contributed by atoms with Crippen LogP contribution in [0, 0.1) is 5.92 Å². The summed E-state index contributed by atoms with van der Waals surface area (Å²) < 4.78 is 34.0. The molecular weight excluding hydrogens is 204 g/mol. The molecule has 0 aromatic rings. The van der Waals surface area contributed by atoms with Crippen LogP contribution in [0.4, 0.5) is 0 Å². The Morgan fingerprint density at radius 3 is 2.50 bits per heavy atom. The molecule has 14 heavy (non-hydrogen) atoms. The lowest BCUT2D eigenvalue weighted by molar-refractivity contribution is -0.0231. The van der Waals surface area contributed by atoms with E-state index >= 15 is 0 Å². The van der Waals surface area contributed by atoms with Gasteiger partial charge in [0.2, 0.25) is 0 Å². The first-order valence-electron chi connectivity index (χ1n) is 5.04. The zero-order valence-corrected chi connectivity index (χ0v) is 9.08. The third-order valence-corrected chi connectivity index (χ3v) is 5.57. The van der Waals surface area contributed by atoms with Crippen molar-refractivity contribution in [3.63, 3.8) is 0 Å². The number of rotatable bonds is 1. The minimum absolute atomic E-state index is 0.192. The van der Waals surface area contributed by atoms with Crippen molar-refractivity contribution in [1.29, 1.82) is 0 Å². The standard InChI is InChI=1S/C9H14O4S/c1-5(2)9-3-6-8(12-9)7(4-9)14(10,11)13-6/h5-8H,3-4H2,1-2H3. The lowest BCUT2D eigenvalue weighted by Gasteiger charge is -2.28. The molecule has 4 unspecified atom stereocenters. The van der Waals surface area contributed by atoms with Gasteiger partial charge in [-0.3, -0.25) is 4.18 Å². The zero-order valence-electron chi connectivity index (χ0n) is 8.26. The van der Waals surface area contributed by atoms with Gasteiger partial charge in [0.15, 0.2) is 0 Å². The van der Waals surface area contributed by atoms with E-state index in [1.54, 1.807) is 0 Å². The van der Waals surface area contributed by atoms with Crippen molar-refractivity contribution in [2.24, 2.45) is 5.92 Å². The summed E-state index contributed by atoms with van der Waals surface area (Å²) in [7, 11) is -3.33. The van der Waals surface area contributed by atoms with Crippen LogP contribution in [0.2, 0.25) is 0 Å². The van der Waals surface area contributed by atoms with Gasteiger partial charge in [-0.25, -0.2) is 0 Å². The molecule has 4 nitrogen and oxygen atoms in total. The molecule has 0 spiro atoms. The molecule has 5 heteroatoms. The summed E-state index contributed by atoms with van der Waals surface area (Å²) in [6.07, 6.45) is 0.961. The normalized spacial score (nSPS) is 53.2. The Morgan fingerprint density at radius 1 is 1.36 bits per heavy atom. The Bertz CT molecular complexity index is 370. The van der Waals surface area contributed by atoms with Crippen LogP contribution >= 0.6 is 0 Å². The summed E-state index contributed by atoms with van der Waals surface area (Å²) in [5.41, 5.74) is -0.233. The maximum Gasteiger partial charge on any atom is 0.273 e. The van der Waals surface area contributed by atoms with Gasteiger partial charge in [-0.2, -0.15) is 8.42 Å². The highest BCUT2D eigenvalue weighted by Gasteiger charge is 2.67. The van der Waals surface area contributed by atoms with Crippen LogP contribution in [0.5, 0.6) is 0 Å². The maximum atomic E-state index is 11.5. The fourth-order valence-electron chi connectivity index (χ4n) is 2.96. The summed E-state index contributed by atoms with van der Waals surface area (Å²) in [5, 5.41) is -0.399. The summed E-state index contributed by atoms with van der Waals surface area (Å²) in [6, 6.07) is 0. The quantitative estimate of drug-likeness (QED) is 0.607. The molecular formula is C9H14O4S. The highest BCUT2D eigenvalue weighted by molar-refractivity contribution is 7.87. The van der Waals surface area contributed by atoms with Gasteiger partial charge in [-0.15, -0.1) is 0 Å². The molecule has 0 saturated carbocycles. The largest absolute Gasteiger partial charge is 0.367 e. The Morgan fingerprint density at radius 2 is 2.07 bits per heavy atom. The van der Waals surface area contributed by atoms with E-state index < -0.39 is 15.4 Å². The molecule has 2 bridgehead atoms. The second-order valence-electron chi connectivity index (χ2n) is 4.88. The molecule has 3 saturated heterocycles. The molecule has 0 N–H and O–H groups in total. The average Bonchev–Trinajstić information content (AvgIpc) is 2.60. The lowest BCUT2D eigenvalue weighted by Crippen LogP contribution is -2.36. The average molecular weight is 218 g/mol. The minimum Gasteiger partial charge on any atom is -0.367 e. The topological polar surface area (TPSA) is 52.6 Å². The Balaban J connectivity index is 2.04. The maximum absolute atomic E-state index is 11.5. The fraction of sp³-hybridized carbons (Fsp3) is 1.00. The molecule has 3 heterocycles. The first-order valence-corrected chi connectivity index (χ1v) is 6.52. The molecule has 3 aliphatic heterocycles. The number of ether oxygens (including phenoxy) is 1. The van der Waals surface area contributed by atoms with Crippen molar-refractivity contribution < 1.29 is 17.3 Å². The number of hydrogen-bond donors (Lipinski definition) is 0. The smallest absolute Gasteiger partial charge is 0.273 e. The van der Waals surface area contributed by atoms with E-state index in [1.165, 1.54) is 0 Å². The first kappa shape index (κ1) is 9.12. The predicted molar refractivity (Wildman–Crippen MR) is 49.3 cm³/mol. The lowest BCUT2D eigenvalue weighted by atomic mass is 9.79. The van der Waals surface area contributed by atoms with Gasteiger partial charge in [0.1, 0.15) is 17.5 Å². The molecule has 0 aromatic carbocycles. The van der Waals surface area contributed by atoms with Gasteiger partial charge in [0, 0.05) is 6.42 Å². The molecule has 4 atom stereocenters. The van der Waals surface area contributed by atoms with Crippen molar-refractivity contribution in [1.82, 2.24) is 0 Å². The molecule has 0 aromatic heterocycles. The summed E-state index contributed by atoms with van der Waals surface area (Å²) in [4.78, 5) is 0. The van der Waals surface area contributed by atoms with Crippen molar-refractivity contribution in [3.8, 4) is 0 Å². The highest BCUT2D eigenvalue weighted by atomic mass is 32.2. The SMILES string of the molecule is CC(C)C12CC3OS(=O)(=O)C(C1)C3O2. The highest BCUT2D eigenvalue weighted by Crippen LogP contribution is 2.55. The molecule has 0 aliphatic carbocycles. The first-order chi connectivity index (χ1) is 6.45. The van der Waals surface area contributed by atoms with Crippen LogP contribution in [0.25, 0.3) is 0 Å². The van der Waals surface area contributed by atoms with Gasteiger partial charge in [0.05, 0.1) is 5.60 Å². The van der Waals surface area contributed by atoms with Crippen molar-refractivity contribution >= 4 is 10.1 Å². The Kier molecular flexibility index (Phi) is 1.52.